The molecule has 1 aliphatic heterocycles. The van der Waals surface area contributed by atoms with Crippen molar-refractivity contribution >= 4 is 17.2 Å². The van der Waals surface area contributed by atoms with E-state index in [0.717, 1.165) is 27.9 Å². The topological polar surface area (TPSA) is 45.2 Å². The van der Waals surface area contributed by atoms with Gasteiger partial charge >= 0.3 is 0 Å². The zero-order valence-corrected chi connectivity index (χ0v) is 16.2. The van der Waals surface area contributed by atoms with Gasteiger partial charge < -0.3 is 5.32 Å². The van der Waals surface area contributed by atoms with Crippen LogP contribution in [0.25, 0.3) is 0 Å². The summed E-state index contributed by atoms with van der Waals surface area (Å²) in [6, 6.07) is 8.65. The third-order valence-electron chi connectivity index (χ3n) is 5.30. The average Bonchev–Trinajstić information content (AvgIpc) is 3.38. The molecule has 1 N–H and O–H groups in total. The Hall–Kier alpha value is -1.72. The van der Waals surface area contributed by atoms with Crippen molar-refractivity contribution in [2.24, 2.45) is 5.92 Å². The summed E-state index contributed by atoms with van der Waals surface area (Å²) in [5.74, 6) is 1.41. The molecule has 1 atom stereocenters. The van der Waals surface area contributed by atoms with E-state index in [1.807, 2.05) is 0 Å². The number of piperidine rings is 1. The monoisotopic (exact) mass is 369 g/mol. The van der Waals surface area contributed by atoms with E-state index in [-0.39, 0.29) is 5.91 Å². The Kier molecular flexibility index (Phi) is 5.36. The summed E-state index contributed by atoms with van der Waals surface area (Å²) in [5.41, 5.74) is 2.49. The molecular formula is C21H27N3OS. The number of thiazole rings is 1. The number of nitrogens with one attached hydrogen (secondary N) is 1. The minimum absolute atomic E-state index is 0.0132. The molecule has 2 fully saturated rings. The van der Waals surface area contributed by atoms with E-state index in [4.69, 9.17) is 0 Å². The van der Waals surface area contributed by atoms with E-state index in [1.165, 1.54) is 44.3 Å². The molecule has 1 unspecified atom stereocenters. The minimum Gasteiger partial charge on any atom is -0.347 e. The summed E-state index contributed by atoms with van der Waals surface area (Å²) in [4.78, 5) is 19.9. The van der Waals surface area contributed by atoms with Crippen molar-refractivity contribution < 1.29 is 4.79 Å². The van der Waals surface area contributed by atoms with E-state index < -0.39 is 0 Å². The fourth-order valence-corrected chi connectivity index (χ4v) is 4.64. The lowest BCUT2D eigenvalue weighted by molar-refractivity contribution is 0.0955. The van der Waals surface area contributed by atoms with E-state index in [1.54, 1.807) is 17.5 Å². The third-order valence-corrected chi connectivity index (χ3v) is 6.46. The molecule has 1 aliphatic carbocycles. The molecule has 1 aromatic heterocycles. The lowest BCUT2D eigenvalue weighted by Gasteiger charge is -2.30. The number of rotatable bonds is 6. The lowest BCUT2D eigenvalue weighted by Crippen LogP contribution is -2.33. The highest BCUT2D eigenvalue weighted by molar-refractivity contribution is 7.13. The van der Waals surface area contributed by atoms with Gasteiger partial charge in [-0.3, -0.25) is 9.69 Å². The average molecular weight is 370 g/mol. The Labute approximate surface area is 159 Å². The van der Waals surface area contributed by atoms with Crippen LogP contribution >= 0.6 is 11.3 Å². The highest BCUT2D eigenvalue weighted by Gasteiger charge is 2.27. The van der Waals surface area contributed by atoms with Crippen LogP contribution in [0.1, 0.15) is 64.3 Å². The van der Waals surface area contributed by atoms with Crippen molar-refractivity contribution in [3.63, 3.8) is 0 Å². The molecule has 0 radical (unpaired) electrons. The summed E-state index contributed by atoms with van der Waals surface area (Å²) in [6.45, 7) is 6.35. The largest absolute Gasteiger partial charge is 0.347 e. The maximum atomic E-state index is 12.3. The third kappa shape index (κ3) is 4.51. The predicted octanol–water partition coefficient (Wildman–Crippen LogP) is 4.18. The predicted molar refractivity (Wildman–Crippen MR) is 105 cm³/mol. The molecule has 1 saturated carbocycles. The molecule has 0 bridgehead atoms. The number of amides is 1. The van der Waals surface area contributed by atoms with Crippen molar-refractivity contribution in [1.82, 2.24) is 15.2 Å². The molecule has 0 spiro atoms. The van der Waals surface area contributed by atoms with Crippen molar-refractivity contribution in [1.29, 1.82) is 0 Å². The van der Waals surface area contributed by atoms with Gasteiger partial charge in [0.1, 0.15) is 4.88 Å². The van der Waals surface area contributed by atoms with Gasteiger partial charge in [0.25, 0.3) is 5.91 Å². The lowest BCUT2D eigenvalue weighted by atomic mass is 9.99. The Morgan fingerprint density at radius 2 is 2.00 bits per heavy atom. The van der Waals surface area contributed by atoms with Gasteiger partial charge in [0, 0.05) is 25.6 Å². The quantitative estimate of drug-likeness (QED) is 0.831. The molecule has 1 amide bonds. The summed E-state index contributed by atoms with van der Waals surface area (Å²) in [6.07, 6.45) is 6.83. The van der Waals surface area contributed by atoms with Crippen molar-refractivity contribution in [3.8, 4) is 0 Å². The van der Waals surface area contributed by atoms with Crippen molar-refractivity contribution in [2.45, 2.75) is 51.6 Å². The molecule has 2 heterocycles. The number of nitrogens with zero attached hydrogens (tertiary/aromatic N) is 2. The van der Waals surface area contributed by atoms with Crippen LogP contribution in [0, 0.1) is 5.92 Å². The molecule has 2 aliphatic rings. The van der Waals surface area contributed by atoms with Crippen LogP contribution in [0.3, 0.4) is 0 Å². The maximum Gasteiger partial charge on any atom is 0.263 e. The summed E-state index contributed by atoms with van der Waals surface area (Å²) in [7, 11) is 0. The van der Waals surface area contributed by atoms with Crippen LogP contribution in [-0.2, 0) is 13.1 Å². The smallest absolute Gasteiger partial charge is 0.263 e. The van der Waals surface area contributed by atoms with Crippen LogP contribution in [0.4, 0.5) is 0 Å². The number of aromatic nitrogens is 1. The normalized spacial score (nSPS) is 20.9. The minimum atomic E-state index is -0.0132. The summed E-state index contributed by atoms with van der Waals surface area (Å²) in [5, 5.41) is 4.13. The second kappa shape index (κ2) is 7.89. The van der Waals surface area contributed by atoms with Gasteiger partial charge in [0.15, 0.2) is 0 Å². The zero-order valence-electron chi connectivity index (χ0n) is 15.4. The Morgan fingerprint density at radius 3 is 2.73 bits per heavy atom. The SMILES string of the molecule is CC1CCCN(Cc2ccc(CNC(=O)c3cnc(C4CC4)s3)cc2)C1. The number of hydrogen-bond acceptors (Lipinski definition) is 4. The molecule has 138 valence electrons. The number of carbonyl (C=O) groups is 1. The Balaban J connectivity index is 1.27. The number of likely N-dealkylation sites (tertiary alicyclic amines) is 1. The van der Waals surface area contributed by atoms with E-state index in [2.05, 4.69) is 46.4 Å². The molecule has 26 heavy (non-hydrogen) atoms. The van der Waals surface area contributed by atoms with Crippen LogP contribution in [0.2, 0.25) is 0 Å². The van der Waals surface area contributed by atoms with Gasteiger partial charge in [-0.2, -0.15) is 0 Å². The molecule has 4 rings (SSSR count). The molecule has 4 nitrogen and oxygen atoms in total. The first-order chi connectivity index (χ1) is 12.7. The highest BCUT2D eigenvalue weighted by atomic mass is 32.1. The second-order valence-corrected chi connectivity index (χ2v) is 8.88. The fourth-order valence-electron chi connectivity index (χ4n) is 3.63. The highest BCUT2D eigenvalue weighted by Crippen LogP contribution is 2.41. The molecule has 1 aromatic carbocycles. The van der Waals surface area contributed by atoms with Crippen LogP contribution in [0.15, 0.2) is 30.5 Å². The Morgan fingerprint density at radius 1 is 1.23 bits per heavy atom. The van der Waals surface area contributed by atoms with E-state index in [9.17, 15) is 4.79 Å². The zero-order chi connectivity index (χ0) is 17.9. The van der Waals surface area contributed by atoms with E-state index in [0.29, 0.717) is 12.5 Å². The number of carbonyl (C=O) groups excluding carboxylic acids is 1. The summed E-state index contributed by atoms with van der Waals surface area (Å²) < 4.78 is 0. The standard InChI is InChI=1S/C21H27N3OS/c1-15-3-2-10-24(13-15)14-17-6-4-16(5-7-17)11-22-20(25)19-12-23-21(26-19)18-8-9-18/h4-7,12,15,18H,2-3,8-11,13-14H2,1H3,(H,22,25). The van der Waals surface area contributed by atoms with Gasteiger partial charge in [-0.1, -0.05) is 31.2 Å². The molecular weight excluding hydrogens is 342 g/mol. The van der Waals surface area contributed by atoms with Gasteiger partial charge in [-0.15, -0.1) is 11.3 Å². The van der Waals surface area contributed by atoms with Crippen LogP contribution < -0.4 is 5.32 Å². The molecule has 5 heteroatoms. The van der Waals surface area contributed by atoms with Crippen molar-refractivity contribution in [2.75, 3.05) is 13.1 Å². The Bertz CT molecular complexity index is 751. The maximum absolute atomic E-state index is 12.3. The van der Waals surface area contributed by atoms with Crippen LogP contribution in [0.5, 0.6) is 0 Å². The van der Waals surface area contributed by atoms with E-state index >= 15 is 0 Å². The van der Waals surface area contributed by atoms with Gasteiger partial charge in [0.2, 0.25) is 0 Å². The fraction of sp³-hybridized carbons (Fsp3) is 0.524. The first-order valence-corrected chi connectivity index (χ1v) is 10.5. The number of hydrogen-bond donors (Lipinski definition) is 1. The first kappa shape index (κ1) is 17.7. The van der Waals surface area contributed by atoms with Crippen LogP contribution in [-0.4, -0.2) is 28.9 Å². The van der Waals surface area contributed by atoms with Crippen molar-refractivity contribution in [3.05, 3.63) is 51.5 Å². The van der Waals surface area contributed by atoms with Gasteiger partial charge in [-0.05, 0) is 49.3 Å². The molecule has 1 saturated heterocycles. The van der Waals surface area contributed by atoms with Gasteiger partial charge in [0.05, 0.1) is 11.2 Å². The number of benzene rings is 1. The van der Waals surface area contributed by atoms with Gasteiger partial charge in [-0.25, -0.2) is 4.98 Å². The second-order valence-electron chi connectivity index (χ2n) is 7.82. The summed E-state index contributed by atoms with van der Waals surface area (Å²) >= 11 is 1.54. The molecule has 2 aromatic rings. The first-order valence-electron chi connectivity index (χ1n) is 9.71.